The van der Waals surface area contributed by atoms with Crippen LogP contribution in [0.25, 0.3) is 0 Å². The molecule has 1 saturated carbocycles. The van der Waals surface area contributed by atoms with Crippen LogP contribution < -0.4 is 10.6 Å². The first-order valence-electron chi connectivity index (χ1n) is 7.52. The minimum Gasteiger partial charge on any atom is -0.354 e. The molecule has 1 aromatic heterocycles. The number of nitrogens with zero attached hydrogens (tertiary/aromatic N) is 1. The summed E-state index contributed by atoms with van der Waals surface area (Å²) in [5, 5.41) is 12.4. The Balaban J connectivity index is 1.81. The van der Waals surface area contributed by atoms with Gasteiger partial charge in [-0.1, -0.05) is 20.8 Å². The summed E-state index contributed by atoms with van der Waals surface area (Å²) in [4.78, 5) is 23.9. The molecule has 3 N–H and O–H groups in total. The zero-order valence-electron chi connectivity index (χ0n) is 13.1. The van der Waals surface area contributed by atoms with E-state index in [-0.39, 0.29) is 29.7 Å². The lowest BCUT2D eigenvalue weighted by Crippen LogP contribution is -2.42. The average molecular weight is 292 g/mol. The van der Waals surface area contributed by atoms with E-state index in [4.69, 9.17) is 0 Å². The van der Waals surface area contributed by atoms with Crippen LogP contribution in [0, 0.1) is 11.8 Å². The van der Waals surface area contributed by atoms with Crippen LogP contribution in [0.15, 0.2) is 6.20 Å². The second kappa shape index (κ2) is 6.28. The molecule has 0 unspecified atom stereocenters. The van der Waals surface area contributed by atoms with Crippen molar-refractivity contribution < 1.29 is 9.59 Å². The van der Waals surface area contributed by atoms with Crippen LogP contribution >= 0.6 is 0 Å². The van der Waals surface area contributed by atoms with Crippen molar-refractivity contribution in [2.75, 3.05) is 6.54 Å². The third-order valence-corrected chi connectivity index (χ3v) is 3.92. The summed E-state index contributed by atoms with van der Waals surface area (Å²) in [6, 6.07) is -0.126. The molecule has 6 heteroatoms. The number of amides is 2. The van der Waals surface area contributed by atoms with Gasteiger partial charge in [0.05, 0.1) is 6.20 Å². The van der Waals surface area contributed by atoms with Gasteiger partial charge in [-0.3, -0.25) is 14.7 Å². The molecule has 1 heterocycles. The molecule has 1 aliphatic rings. The van der Waals surface area contributed by atoms with E-state index < -0.39 is 0 Å². The van der Waals surface area contributed by atoms with E-state index in [2.05, 4.69) is 27.8 Å². The maximum absolute atomic E-state index is 12.2. The van der Waals surface area contributed by atoms with Crippen molar-refractivity contribution in [1.82, 2.24) is 20.8 Å². The van der Waals surface area contributed by atoms with Crippen molar-refractivity contribution in [1.29, 1.82) is 0 Å². The van der Waals surface area contributed by atoms with Crippen molar-refractivity contribution >= 4 is 11.8 Å². The zero-order valence-corrected chi connectivity index (χ0v) is 13.1. The highest BCUT2D eigenvalue weighted by Crippen LogP contribution is 2.37. The Kier molecular flexibility index (Phi) is 4.65. The number of H-pyrrole nitrogens is 1. The maximum atomic E-state index is 12.2. The lowest BCUT2D eigenvalue weighted by Gasteiger charge is -2.15. The van der Waals surface area contributed by atoms with Gasteiger partial charge in [-0.15, -0.1) is 0 Å². The van der Waals surface area contributed by atoms with Gasteiger partial charge in [0, 0.05) is 24.1 Å². The van der Waals surface area contributed by atoms with E-state index in [1.54, 1.807) is 6.20 Å². The SMILES string of the molecule is CC(C)c1cn[nH]c1C(=O)N[C@@H](C)CNC(=O)[C@H]1C[C@@H]1C. The molecule has 0 aliphatic heterocycles. The summed E-state index contributed by atoms with van der Waals surface area (Å²) >= 11 is 0. The molecule has 0 spiro atoms. The highest BCUT2D eigenvalue weighted by molar-refractivity contribution is 5.94. The maximum Gasteiger partial charge on any atom is 0.269 e. The highest BCUT2D eigenvalue weighted by Gasteiger charge is 2.38. The first-order valence-corrected chi connectivity index (χ1v) is 7.52. The Morgan fingerprint density at radius 1 is 1.43 bits per heavy atom. The van der Waals surface area contributed by atoms with E-state index in [1.165, 1.54) is 0 Å². The Morgan fingerprint density at radius 3 is 2.67 bits per heavy atom. The number of carbonyl (C=O) groups excluding carboxylic acids is 2. The van der Waals surface area contributed by atoms with Crippen LogP contribution in [-0.2, 0) is 4.79 Å². The largest absolute Gasteiger partial charge is 0.354 e. The summed E-state index contributed by atoms with van der Waals surface area (Å²) in [5.41, 5.74) is 1.40. The molecule has 0 saturated heterocycles. The zero-order chi connectivity index (χ0) is 15.6. The van der Waals surface area contributed by atoms with Crippen LogP contribution in [0.5, 0.6) is 0 Å². The van der Waals surface area contributed by atoms with E-state index in [9.17, 15) is 9.59 Å². The van der Waals surface area contributed by atoms with E-state index in [1.807, 2.05) is 20.8 Å². The van der Waals surface area contributed by atoms with Crippen molar-refractivity contribution in [3.8, 4) is 0 Å². The Hall–Kier alpha value is -1.85. The molecule has 1 aromatic rings. The Bertz CT molecular complexity index is 523. The monoisotopic (exact) mass is 292 g/mol. The molecule has 116 valence electrons. The molecule has 3 atom stereocenters. The number of nitrogens with one attached hydrogen (secondary N) is 3. The lowest BCUT2D eigenvalue weighted by molar-refractivity contribution is -0.122. The molecular weight excluding hydrogens is 268 g/mol. The summed E-state index contributed by atoms with van der Waals surface area (Å²) in [6.45, 7) is 8.42. The van der Waals surface area contributed by atoms with E-state index >= 15 is 0 Å². The van der Waals surface area contributed by atoms with Crippen LogP contribution in [0.3, 0.4) is 0 Å². The normalized spacial score (nSPS) is 22.0. The minimum atomic E-state index is -0.183. The van der Waals surface area contributed by atoms with Gasteiger partial charge in [-0.2, -0.15) is 5.10 Å². The van der Waals surface area contributed by atoms with Gasteiger partial charge < -0.3 is 10.6 Å². The molecule has 1 aliphatic carbocycles. The number of hydrogen-bond donors (Lipinski definition) is 3. The number of aromatic nitrogens is 2. The second-order valence-corrected chi connectivity index (χ2v) is 6.29. The first-order chi connectivity index (χ1) is 9.90. The smallest absolute Gasteiger partial charge is 0.269 e. The average Bonchev–Trinajstić information content (AvgIpc) is 2.95. The van der Waals surface area contributed by atoms with Crippen LogP contribution in [0.1, 0.15) is 56.1 Å². The van der Waals surface area contributed by atoms with Crippen LogP contribution in [0.4, 0.5) is 0 Å². The number of carbonyl (C=O) groups is 2. The summed E-state index contributed by atoms with van der Waals surface area (Å²) in [5.74, 6) is 0.795. The van der Waals surface area contributed by atoms with Gasteiger partial charge in [-0.25, -0.2) is 0 Å². The van der Waals surface area contributed by atoms with Crippen molar-refractivity contribution in [2.24, 2.45) is 11.8 Å². The lowest BCUT2D eigenvalue weighted by atomic mass is 10.0. The molecule has 1 fully saturated rings. The molecule has 0 bridgehead atoms. The van der Waals surface area contributed by atoms with Gasteiger partial charge in [0.25, 0.3) is 5.91 Å². The van der Waals surface area contributed by atoms with Gasteiger partial charge in [0.15, 0.2) is 0 Å². The van der Waals surface area contributed by atoms with Crippen molar-refractivity contribution in [2.45, 2.75) is 46.1 Å². The molecule has 6 nitrogen and oxygen atoms in total. The standard InChI is InChI=1S/C15H24N4O2/c1-8(2)12-7-17-19-13(12)15(21)18-10(4)6-16-14(20)11-5-9(11)3/h7-11H,5-6H2,1-4H3,(H,16,20)(H,17,19)(H,18,21)/t9-,10-,11-/m0/s1. The third-order valence-electron chi connectivity index (χ3n) is 3.92. The second-order valence-electron chi connectivity index (χ2n) is 6.29. The molecule has 0 radical (unpaired) electrons. The topological polar surface area (TPSA) is 86.9 Å². The van der Waals surface area contributed by atoms with E-state index in [0.29, 0.717) is 18.2 Å². The molecule has 2 rings (SSSR count). The Morgan fingerprint density at radius 2 is 2.10 bits per heavy atom. The molecule has 0 aromatic carbocycles. The predicted molar refractivity (Wildman–Crippen MR) is 79.9 cm³/mol. The van der Waals surface area contributed by atoms with Crippen molar-refractivity contribution in [3.05, 3.63) is 17.5 Å². The highest BCUT2D eigenvalue weighted by atomic mass is 16.2. The van der Waals surface area contributed by atoms with Crippen molar-refractivity contribution in [3.63, 3.8) is 0 Å². The number of rotatable bonds is 6. The fourth-order valence-corrected chi connectivity index (χ4v) is 2.33. The molecular formula is C15H24N4O2. The summed E-state index contributed by atoms with van der Waals surface area (Å²) < 4.78 is 0. The fraction of sp³-hybridized carbons (Fsp3) is 0.667. The quantitative estimate of drug-likeness (QED) is 0.741. The number of aromatic amines is 1. The molecule has 2 amide bonds. The fourth-order valence-electron chi connectivity index (χ4n) is 2.33. The van der Waals surface area contributed by atoms with Gasteiger partial charge in [-0.05, 0) is 25.2 Å². The van der Waals surface area contributed by atoms with Gasteiger partial charge >= 0.3 is 0 Å². The third kappa shape index (κ3) is 3.83. The van der Waals surface area contributed by atoms with Crippen LogP contribution in [-0.4, -0.2) is 34.6 Å². The van der Waals surface area contributed by atoms with E-state index in [0.717, 1.165) is 12.0 Å². The van der Waals surface area contributed by atoms with Crippen LogP contribution in [0.2, 0.25) is 0 Å². The predicted octanol–water partition coefficient (Wildman–Crippen LogP) is 1.42. The molecule has 21 heavy (non-hydrogen) atoms. The first kappa shape index (κ1) is 15.5. The van der Waals surface area contributed by atoms with Gasteiger partial charge in [0.2, 0.25) is 5.91 Å². The number of hydrogen-bond acceptors (Lipinski definition) is 3. The summed E-state index contributed by atoms with van der Waals surface area (Å²) in [6.07, 6.45) is 2.65. The summed E-state index contributed by atoms with van der Waals surface area (Å²) in [7, 11) is 0. The van der Waals surface area contributed by atoms with Gasteiger partial charge in [0.1, 0.15) is 5.69 Å². The minimum absolute atomic E-state index is 0.0907. The Labute approximate surface area is 125 Å².